The number of fused-ring (bicyclic) bond motifs is 2. The fraction of sp³-hybridized carbons (Fsp3) is 0.200. The first-order valence-electron chi connectivity index (χ1n) is 9.94. The lowest BCUT2D eigenvalue weighted by molar-refractivity contribution is 0.0470. The number of hydrogen-bond donors (Lipinski definition) is 2. The summed E-state index contributed by atoms with van der Waals surface area (Å²) in [6, 6.07) is 12.9. The van der Waals surface area contributed by atoms with Gasteiger partial charge in [-0.3, -0.25) is 0 Å². The fourth-order valence-corrected chi connectivity index (χ4v) is 3.85. The van der Waals surface area contributed by atoms with Crippen molar-refractivity contribution in [2.45, 2.75) is 33.3 Å². The van der Waals surface area contributed by atoms with E-state index in [0.717, 1.165) is 11.1 Å². The third-order valence-electron chi connectivity index (χ3n) is 5.41. The lowest BCUT2D eigenvalue weighted by Gasteiger charge is -2.14. The van der Waals surface area contributed by atoms with Crippen LogP contribution in [-0.2, 0) is 11.3 Å². The van der Waals surface area contributed by atoms with Crippen molar-refractivity contribution in [2.24, 2.45) is 0 Å². The number of hydrogen-bond acceptors (Lipinski definition) is 6. The van der Waals surface area contributed by atoms with Crippen molar-refractivity contribution >= 4 is 27.7 Å². The molecule has 0 atom stereocenters. The summed E-state index contributed by atoms with van der Waals surface area (Å²) in [6.07, 6.45) is 0. The molecule has 3 aromatic carbocycles. The minimum atomic E-state index is -0.809. The average Bonchev–Trinajstić information content (AvgIpc) is 2.73. The number of carbonyl (C=O) groups is 1. The Hall–Kier alpha value is -3.80. The molecule has 6 heteroatoms. The van der Waals surface area contributed by atoms with Crippen LogP contribution < -0.4 is 5.63 Å². The molecule has 2 N–H and O–H groups in total. The minimum Gasteiger partial charge on any atom is -0.507 e. The minimum absolute atomic E-state index is 0.136. The normalized spacial score (nSPS) is 11.4. The molecule has 0 bridgehead atoms. The van der Waals surface area contributed by atoms with Crippen LogP contribution in [-0.4, -0.2) is 16.2 Å². The molecular formula is C25H22O6. The highest BCUT2D eigenvalue weighted by Crippen LogP contribution is 2.36. The maximum Gasteiger partial charge on any atom is 0.342 e. The van der Waals surface area contributed by atoms with Gasteiger partial charge in [-0.25, -0.2) is 9.59 Å². The van der Waals surface area contributed by atoms with Gasteiger partial charge in [-0.1, -0.05) is 38.1 Å². The van der Waals surface area contributed by atoms with Crippen LogP contribution in [0.5, 0.6) is 11.5 Å². The van der Waals surface area contributed by atoms with Crippen molar-refractivity contribution in [3.63, 3.8) is 0 Å². The Morgan fingerprint density at radius 2 is 1.74 bits per heavy atom. The van der Waals surface area contributed by atoms with Crippen LogP contribution in [0, 0.1) is 6.92 Å². The van der Waals surface area contributed by atoms with Crippen LogP contribution in [0.3, 0.4) is 0 Å². The van der Waals surface area contributed by atoms with Crippen LogP contribution in [0.2, 0.25) is 0 Å². The number of benzene rings is 3. The van der Waals surface area contributed by atoms with E-state index in [4.69, 9.17) is 9.15 Å². The molecular weight excluding hydrogens is 396 g/mol. The van der Waals surface area contributed by atoms with Gasteiger partial charge >= 0.3 is 11.6 Å². The van der Waals surface area contributed by atoms with E-state index in [1.807, 2.05) is 19.1 Å². The quantitative estimate of drug-likeness (QED) is 0.270. The second-order valence-electron chi connectivity index (χ2n) is 7.86. The average molecular weight is 418 g/mol. The number of esters is 1. The van der Waals surface area contributed by atoms with Gasteiger partial charge in [-0.2, -0.15) is 0 Å². The summed E-state index contributed by atoms with van der Waals surface area (Å²) in [5.74, 6) is -0.947. The number of phenolic OH excluding ortho intramolecular Hbond substituents is 2. The van der Waals surface area contributed by atoms with Gasteiger partial charge in [0.05, 0.1) is 0 Å². The topological polar surface area (TPSA) is 97.0 Å². The zero-order valence-electron chi connectivity index (χ0n) is 17.4. The first-order valence-corrected chi connectivity index (χ1v) is 9.94. The Morgan fingerprint density at radius 3 is 2.45 bits per heavy atom. The zero-order chi connectivity index (χ0) is 22.3. The van der Waals surface area contributed by atoms with E-state index in [9.17, 15) is 19.8 Å². The molecule has 0 unspecified atom stereocenters. The third-order valence-corrected chi connectivity index (χ3v) is 5.41. The first-order chi connectivity index (χ1) is 14.8. The predicted octanol–water partition coefficient (Wildman–Crippen LogP) is 5.15. The fourth-order valence-electron chi connectivity index (χ4n) is 3.85. The molecule has 6 nitrogen and oxygen atoms in total. The molecule has 0 aliphatic carbocycles. The van der Waals surface area contributed by atoms with Gasteiger partial charge in [-0.15, -0.1) is 0 Å². The van der Waals surface area contributed by atoms with Crippen LogP contribution in [0.25, 0.3) is 21.7 Å². The van der Waals surface area contributed by atoms with Gasteiger partial charge in [0.25, 0.3) is 0 Å². The van der Waals surface area contributed by atoms with Crippen molar-refractivity contribution < 1.29 is 24.2 Å². The molecule has 0 spiro atoms. The van der Waals surface area contributed by atoms with Gasteiger partial charge in [-0.05, 0) is 42.2 Å². The highest BCUT2D eigenvalue weighted by atomic mass is 16.5. The first kappa shape index (κ1) is 20.5. The summed E-state index contributed by atoms with van der Waals surface area (Å²) in [5.41, 5.74) is 2.35. The third kappa shape index (κ3) is 3.72. The van der Waals surface area contributed by atoms with E-state index >= 15 is 0 Å². The van der Waals surface area contributed by atoms with Crippen molar-refractivity contribution in [2.75, 3.05) is 0 Å². The lowest BCUT2D eigenvalue weighted by atomic mass is 9.95. The Morgan fingerprint density at radius 1 is 1.03 bits per heavy atom. The van der Waals surface area contributed by atoms with E-state index in [0.29, 0.717) is 27.3 Å². The van der Waals surface area contributed by atoms with Crippen molar-refractivity contribution in [3.8, 4) is 11.5 Å². The van der Waals surface area contributed by atoms with Crippen molar-refractivity contribution in [1.29, 1.82) is 0 Å². The van der Waals surface area contributed by atoms with Gasteiger partial charge in [0.2, 0.25) is 0 Å². The Labute approximate surface area is 178 Å². The molecule has 0 aliphatic heterocycles. The molecule has 0 fully saturated rings. The summed E-state index contributed by atoms with van der Waals surface area (Å²) in [6.45, 7) is 5.91. The SMILES string of the molecule is Cc1cc2oc(=O)cc(COC(=O)c3cc(O)c4ccccc4c3O)c2cc1C(C)C. The van der Waals surface area contributed by atoms with Gasteiger partial charge in [0.15, 0.2) is 0 Å². The number of ether oxygens (including phenoxy) is 1. The highest BCUT2D eigenvalue weighted by Gasteiger charge is 2.19. The standard InChI is InChI=1S/C25H22O6/c1-13(2)18-10-19-15(9-23(27)31-22(19)8-14(18)3)12-30-25(29)20-11-21(26)16-6-4-5-7-17(16)24(20)28/h4-11,13,26,28H,12H2,1-3H3. The molecule has 1 heterocycles. The van der Waals surface area contributed by atoms with Gasteiger partial charge < -0.3 is 19.4 Å². The molecule has 4 rings (SSSR count). The molecule has 0 saturated carbocycles. The van der Waals surface area contributed by atoms with E-state index in [2.05, 4.69) is 13.8 Å². The number of phenols is 2. The van der Waals surface area contributed by atoms with Crippen molar-refractivity contribution in [1.82, 2.24) is 0 Å². The number of rotatable bonds is 4. The molecule has 0 radical (unpaired) electrons. The smallest absolute Gasteiger partial charge is 0.342 e. The number of aromatic hydroxyl groups is 2. The summed E-state index contributed by atoms with van der Waals surface area (Å²) in [5, 5.41) is 22.2. The Kier molecular flexibility index (Phi) is 5.15. The maximum absolute atomic E-state index is 12.7. The largest absolute Gasteiger partial charge is 0.507 e. The molecule has 158 valence electrons. The predicted molar refractivity (Wildman–Crippen MR) is 118 cm³/mol. The second-order valence-corrected chi connectivity index (χ2v) is 7.86. The highest BCUT2D eigenvalue weighted by molar-refractivity contribution is 6.03. The summed E-state index contributed by atoms with van der Waals surface area (Å²) in [4.78, 5) is 24.7. The number of aryl methyl sites for hydroxylation is 1. The molecule has 0 amide bonds. The monoisotopic (exact) mass is 418 g/mol. The summed E-state index contributed by atoms with van der Waals surface area (Å²) in [7, 11) is 0. The molecule has 0 aliphatic rings. The van der Waals surface area contributed by atoms with Crippen LogP contribution in [0.4, 0.5) is 0 Å². The van der Waals surface area contributed by atoms with Crippen molar-refractivity contribution in [3.05, 3.63) is 81.2 Å². The molecule has 1 aromatic heterocycles. The summed E-state index contributed by atoms with van der Waals surface area (Å²) >= 11 is 0. The summed E-state index contributed by atoms with van der Waals surface area (Å²) < 4.78 is 10.7. The van der Waals surface area contributed by atoms with E-state index in [-0.39, 0.29) is 29.6 Å². The lowest BCUT2D eigenvalue weighted by Crippen LogP contribution is -2.09. The zero-order valence-corrected chi connectivity index (χ0v) is 17.4. The van der Waals surface area contributed by atoms with E-state index in [1.165, 1.54) is 12.1 Å². The molecule has 4 aromatic rings. The van der Waals surface area contributed by atoms with E-state index in [1.54, 1.807) is 24.3 Å². The molecule has 31 heavy (non-hydrogen) atoms. The Bertz CT molecular complexity index is 1380. The van der Waals surface area contributed by atoms with Crippen LogP contribution in [0.1, 0.15) is 46.8 Å². The van der Waals surface area contributed by atoms with Gasteiger partial charge in [0.1, 0.15) is 29.3 Å². The Balaban J connectivity index is 1.70. The van der Waals surface area contributed by atoms with Gasteiger partial charge in [0, 0.05) is 27.8 Å². The van der Waals surface area contributed by atoms with E-state index < -0.39 is 11.6 Å². The van der Waals surface area contributed by atoms with Crippen LogP contribution >= 0.6 is 0 Å². The second kappa shape index (κ2) is 7.80. The maximum atomic E-state index is 12.7. The number of carbonyl (C=O) groups excluding carboxylic acids is 1. The molecule has 0 saturated heterocycles. The van der Waals surface area contributed by atoms with Crippen LogP contribution in [0.15, 0.2) is 57.7 Å².